The Bertz CT molecular complexity index is 640. The number of hydrogen-bond donors (Lipinski definition) is 1. The number of esters is 2. The van der Waals surface area contributed by atoms with E-state index in [-0.39, 0.29) is 24.8 Å². The van der Waals surface area contributed by atoms with Crippen LogP contribution >= 0.6 is 15.9 Å². The molecule has 0 rings (SSSR count). The highest BCUT2D eigenvalue weighted by atomic mass is 79.9. The first-order valence-corrected chi connectivity index (χ1v) is 12.2. The molecule has 6 nitrogen and oxygen atoms in total. The zero-order valence-corrected chi connectivity index (χ0v) is 24.0. The van der Waals surface area contributed by atoms with Crippen molar-refractivity contribution >= 4 is 27.9 Å². The number of ether oxygens (including phenoxy) is 3. The Labute approximate surface area is 204 Å². The number of alkyl halides is 1. The van der Waals surface area contributed by atoms with E-state index in [1.165, 1.54) is 0 Å². The number of hydrogen-bond acceptors (Lipinski definition) is 6. The number of carbonyl (C=O) groups is 2. The molecule has 0 aromatic carbocycles. The van der Waals surface area contributed by atoms with Gasteiger partial charge in [-0.15, -0.1) is 0 Å². The predicted molar refractivity (Wildman–Crippen MR) is 132 cm³/mol. The molecule has 7 heteroatoms. The van der Waals surface area contributed by atoms with Crippen molar-refractivity contribution in [3.05, 3.63) is 0 Å². The zero-order chi connectivity index (χ0) is 25.8. The molecule has 0 amide bonds. The topological polar surface area (TPSA) is 82.1 Å². The highest BCUT2D eigenvalue weighted by molar-refractivity contribution is 9.10. The van der Waals surface area contributed by atoms with Gasteiger partial charge in [0.1, 0.15) is 12.2 Å². The summed E-state index contributed by atoms with van der Waals surface area (Å²) in [6, 6.07) is 0. The Hall–Kier alpha value is -0.660. The van der Waals surface area contributed by atoms with Crippen LogP contribution in [0.4, 0.5) is 0 Å². The van der Waals surface area contributed by atoms with Crippen LogP contribution in [0.25, 0.3) is 0 Å². The van der Waals surface area contributed by atoms with Crippen LogP contribution in [0.3, 0.4) is 0 Å². The van der Waals surface area contributed by atoms with Crippen LogP contribution in [0.2, 0.25) is 0 Å². The van der Waals surface area contributed by atoms with E-state index < -0.39 is 32.1 Å². The Morgan fingerprint density at radius 2 is 1.31 bits per heavy atom. The Morgan fingerprint density at radius 1 is 0.812 bits per heavy atom. The summed E-state index contributed by atoms with van der Waals surface area (Å²) in [5.74, 6) is -0.730. The van der Waals surface area contributed by atoms with Gasteiger partial charge in [0.15, 0.2) is 0 Å². The minimum absolute atomic E-state index is 0.0492. The number of rotatable bonds is 12. The molecule has 1 unspecified atom stereocenters. The lowest BCUT2D eigenvalue weighted by Gasteiger charge is -2.48. The van der Waals surface area contributed by atoms with Gasteiger partial charge in [-0.05, 0) is 81.1 Å². The van der Waals surface area contributed by atoms with Crippen molar-refractivity contribution in [1.82, 2.24) is 0 Å². The fourth-order valence-electron chi connectivity index (χ4n) is 3.24. The molecule has 0 aliphatic carbocycles. The summed E-state index contributed by atoms with van der Waals surface area (Å²) in [4.78, 5) is 26.3. The minimum atomic E-state index is -0.937. The van der Waals surface area contributed by atoms with E-state index in [1.807, 2.05) is 83.1 Å². The third kappa shape index (κ3) is 8.60. The second-order valence-electron chi connectivity index (χ2n) is 12.2. The molecule has 0 radical (unpaired) electrons. The second-order valence-corrected chi connectivity index (χ2v) is 14.2. The van der Waals surface area contributed by atoms with Crippen molar-refractivity contribution in [3.8, 4) is 0 Å². The lowest BCUT2D eigenvalue weighted by Crippen LogP contribution is -2.53. The monoisotopic (exact) mass is 522 g/mol. The van der Waals surface area contributed by atoms with Crippen LogP contribution in [0.5, 0.6) is 0 Å². The lowest BCUT2D eigenvalue weighted by molar-refractivity contribution is -0.179. The molecule has 0 saturated heterocycles. The van der Waals surface area contributed by atoms with E-state index in [9.17, 15) is 9.59 Å². The van der Waals surface area contributed by atoms with E-state index in [4.69, 9.17) is 19.3 Å². The van der Waals surface area contributed by atoms with Crippen LogP contribution in [-0.2, 0) is 23.8 Å². The Balaban J connectivity index is 5.74. The largest absolute Gasteiger partial charge is 0.463 e. The highest BCUT2D eigenvalue weighted by Gasteiger charge is 2.55. The van der Waals surface area contributed by atoms with Gasteiger partial charge in [0.05, 0.1) is 29.6 Å². The molecule has 0 spiro atoms. The summed E-state index contributed by atoms with van der Waals surface area (Å²) in [6.45, 7) is 23.3. The fourth-order valence-corrected chi connectivity index (χ4v) is 3.54. The SMILES string of the molecule is CC(C)(C)OCCC(C)(C)OC(=O)C(C)(CC(C)(C)C(C)(C)C(=O)OCCO)C(C)(C)Br. The van der Waals surface area contributed by atoms with E-state index in [0.29, 0.717) is 19.4 Å². The molecule has 0 saturated carbocycles. The van der Waals surface area contributed by atoms with Gasteiger partial charge in [0, 0.05) is 10.7 Å². The lowest BCUT2D eigenvalue weighted by atomic mass is 9.58. The standard InChI is InChI=1S/C25H47BrO6/c1-20(2,3)31-15-13-22(6,7)32-19(29)25(12,24(10,11)26)17-21(4,5)23(8,9)18(28)30-16-14-27/h27H,13-17H2,1-12H3. The summed E-state index contributed by atoms with van der Waals surface area (Å²) in [6.07, 6.45) is 0.948. The van der Waals surface area contributed by atoms with Crippen LogP contribution in [0, 0.1) is 16.2 Å². The van der Waals surface area contributed by atoms with Crippen molar-refractivity contribution in [3.63, 3.8) is 0 Å². The van der Waals surface area contributed by atoms with Crippen molar-refractivity contribution in [2.24, 2.45) is 16.2 Å². The van der Waals surface area contributed by atoms with Gasteiger partial charge in [-0.25, -0.2) is 0 Å². The second kappa shape index (κ2) is 10.7. The maximum absolute atomic E-state index is 13.6. The molecule has 0 fully saturated rings. The van der Waals surface area contributed by atoms with Gasteiger partial charge in [0.25, 0.3) is 0 Å². The summed E-state index contributed by atoms with van der Waals surface area (Å²) in [7, 11) is 0. The smallest absolute Gasteiger partial charge is 0.313 e. The highest BCUT2D eigenvalue weighted by Crippen LogP contribution is 2.53. The molecule has 0 aromatic heterocycles. The molecular weight excluding hydrogens is 476 g/mol. The molecule has 0 aromatic rings. The summed E-state index contributed by atoms with van der Waals surface area (Å²) < 4.78 is 16.5. The minimum Gasteiger partial charge on any atom is -0.463 e. The third-order valence-electron chi connectivity index (χ3n) is 6.69. The molecule has 190 valence electrons. The summed E-state index contributed by atoms with van der Waals surface area (Å²) in [5, 5.41) is 9.01. The first-order chi connectivity index (χ1) is 14.0. The first kappa shape index (κ1) is 31.3. The molecule has 0 aliphatic rings. The number of aliphatic hydroxyl groups excluding tert-OH is 1. The van der Waals surface area contributed by atoms with E-state index in [0.717, 1.165) is 0 Å². The van der Waals surface area contributed by atoms with Gasteiger partial charge in [-0.3, -0.25) is 9.59 Å². The van der Waals surface area contributed by atoms with Crippen LogP contribution < -0.4 is 0 Å². The third-order valence-corrected chi connectivity index (χ3v) is 7.57. The normalized spacial score (nSPS) is 15.8. The Morgan fingerprint density at radius 3 is 1.72 bits per heavy atom. The van der Waals surface area contributed by atoms with Gasteiger partial charge in [-0.1, -0.05) is 29.8 Å². The predicted octanol–water partition coefficient (Wildman–Crippen LogP) is 5.67. The van der Waals surface area contributed by atoms with Crippen LogP contribution in [0.15, 0.2) is 0 Å². The quantitative estimate of drug-likeness (QED) is 0.262. The maximum atomic E-state index is 13.6. The Kier molecular flexibility index (Phi) is 10.5. The van der Waals surface area contributed by atoms with Gasteiger partial charge in [-0.2, -0.15) is 0 Å². The van der Waals surface area contributed by atoms with Gasteiger partial charge >= 0.3 is 11.9 Å². The summed E-state index contributed by atoms with van der Waals surface area (Å²) in [5.41, 5.74) is -3.41. The van der Waals surface area contributed by atoms with Crippen LogP contribution in [-0.4, -0.2) is 52.4 Å². The molecule has 0 aliphatic heterocycles. The number of aliphatic hydroxyl groups is 1. The summed E-state index contributed by atoms with van der Waals surface area (Å²) >= 11 is 3.71. The molecule has 0 bridgehead atoms. The average molecular weight is 524 g/mol. The van der Waals surface area contributed by atoms with Gasteiger partial charge in [0.2, 0.25) is 0 Å². The van der Waals surface area contributed by atoms with Gasteiger partial charge < -0.3 is 19.3 Å². The van der Waals surface area contributed by atoms with E-state index in [1.54, 1.807) is 0 Å². The zero-order valence-electron chi connectivity index (χ0n) is 22.4. The number of carbonyl (C=O) groups excluding carboxylic acids is 2. The molecule has 32 heavy (non-hydrogen) atoms. The molecule has 1 atom stereocenters. The van der Waals surface area contributed by atoms with Crippen molar-refractivity contribution < 1.29 is 28.9 Å². The molecular formula is C25H47BrO6. The average Bonchev–Trinajstić information content (AvgIpc) is 2.55. The molecule has 0 heterocycles. The van der Waals surface area contributed by atoms with Crippen molar-refractivity contribution in [1.29, 1.82) is 0 Å². The van der Waals surface area contributed by atoms with E-state index >= 15 is 0 Å². The first-order valence-electron chi connectivity index (χ1n) is 11.4. The van der Waals surface area contributed by atoms with E-state index in [2.05, 4.69) is 15.9 Å². The molecule has 1 N–H and O–H groups in total. The van der Waals surface area contributed by atoms with Crippen molar-refractivity contribution in [2.45, 2.75) is 111 Å². The van der Waals surface area contributed by atoms with Crippen LogP contribution in [0.1, 0.15) is 95.9 Å². The van der Waals surface area contributed by atoms with Crippen molar-refractivity contribution in [2.75, 3.05) is 19.8 Å². The fraction of sp³-hybridized carbons (Fsp3) is 0.920. The number of halogens is 1. The maximum Gasteiger partial charge on any atom is 0.313 e.